The molecule has 0 spiro atoms. The van der Waals surface area contributed by atoms with E-state index in [0.29, 0.717) is 5.92 Å². The predicted molar refractivity (Wildman–Crippen MR) is 70.2 cm³/mol. The normalized spacial score (nSPS) is 11.0. The highest BCUT2D eigenvalue weighted by Gasteiger charge is 2.03. The number of hydrogen-bond donors (Lipinski definition) is 1. The maximum Gasteiger partial charge on any atom is 0.0180 e. The fourth-order valence-electron chi connectivity index (χ4n) is 1.63. The highest BCUT2D eigenvalue weighted by molar-refractivity contribution is 9.10. The van der Waals surface area contributed by atoms with Gasteiger partial charge >= 0.3 is 0 Å². The fourth-order valence-corrected chi connectivity index (χ4v) is 2.18. The quantitative estimate of drug-likeness (QED) is 0.808. The van der Waals surface area contributed by atoms with E-state index in [2.05, 4.69) is 48.0 Å². The van der Waals surface area contributed by atoms with Gasteiger partial charge in [-0.1, -0.05) is 35.8 Å². The zero-order valence-electron chi connectivity index (χ0n) is 9.59. The summed E-state index contributed by atoms with van der Waals surface area (Å²) in [6, 6.07) is 6.73. The van der Waals surface area contributed by atoms with E-state index in [0.717, 1.165) is 19.4 Å². The van der Waals surface area contributed by atoms with Crippen molar-refractivity contribution in [1.29, 1.82) is 0 Å². The van der Waals surface area contributed by atoms with Crippen molar-refractivity contribution in [2.24, 2.45) is 5.73 Å². The molecule has 2 heteroatoms. The standard InChI is InChI=1S/C13H20BrN/c1-10(2)12-7-11(5-3-4-6-15)8-13(14)9-12/h7-10H,3-6,15H2,1-2H3. The lowest BCUT2D eigenvalue weighted by Crippen LogP contribution is -1.99. The van der Waals surface area contributed by atoms with Crippen molar-refractivity contribution in [1.82, 2.24) is 0 Å². The van der Waals surface area contributed by atoms with Crippen LogP contribution in [0.15, 0.2) is 22.7 Å². The Morgan fingerprint density at radius 2 is 1.93 bits per heavy atom. The predicted octanol–water partition coefficient (Wildman–Crippen LogP) is 3.85. The van der Waals surface area contributed by atoms with Gasteiger partial charge in [-0.3, -0.25) is 0 Å². The largest absolute Gasteiger partial charge is 0.330 e. The SMILES string of the molecule is CC(C)c1cc(Br)cc(CCCCN)c1. The maximum absolute atomic E-state index is 5.49. The van der Waals surface area contributed by atoms with Gasteiger partial charge in [0.25, 0.3) is 0 Å². The van der Waals surface area contributed by atoms with Crippen molar-refractivity contribution >= 4 is 15.9 Å². The molecule has 15 heavy (non-hydrogen) atoms. The van der Waals surface area contributed by atoms with Gasteiger partial charge in [0.05, 0.1) is 0 Å². The van der Waals surface area contributed by atoms with Crippen molar-refractivity contribution in [2.75, 3.05) is 6.54 Å². The van der Waals surface area contributed by atoms with E-state index in [-0.39, 0.29) is 0 Å². The monoisotopic (exact) mass is 269 g/mol. The second-order valence-corrected chi connectivity index (χ2v) is 5.21. The molecule has 0 aliphatic rings. The molecule has 84 valence electrons. The molecule has 1 nitrogen and oxygen atoms in total. The van der Waals surface area contributed by atoms with Gasteiger partial charge in [-0.05, 0) is 55.0 Å². The van der Waals surface area contributed by atoms with Crippen LogP contribution in [0, 0.1) is 0 Å². The van der Waals surface area contributed by atoms with Gasteiger partial charge < -0.3 is 5.73 Å². The minimum absolute atomic E-state index is 0.593. The minimum Gasteiger partial charge on any atom is -0.330 e. The molecule has 0 saturated carbocycles. The van der Waals surface area contributed by atoms with Crippen LogP contribution in [-0.2, 0) is 6.42 Å². The molecule has 1 aromatic carbocycles. The van der Waals surface area contributed by atoms with E-state index >= 15 is 0 Å². The third-order valence-corrected chi connectivity index (χ3v) is 3.02. The zero-order chi connectivity index (χ0) is 11.3. The smallest absolute Gasteiger partial charge is 0.0180 e. The summed E-state index contributed by atoms with van der Waals surface area (Å²) in [5.74, 6) is 0.593. The lowest BCUT2D eigenvalue weighted by Gasteiger charge is -2.09. The summed E-state index contributed by atoms with van der Waals surface area (Å²) in [5.41, 5.74) is 8.32. The first-order valence-electron chi connectivity index (χ1n) is 5.63. The molecular weight excluding hydrogens is 250 g/mol. The van der Waals surface area contributed by atoms with Crippen molar-refractivity contribution < 1.29 is 0 Å². The van der Waals surface area contributed by atoms with Crippen LogP contribution in [-0.4, -0.2) is 6.54 Å². The Bertz CT molecular complexity index is 307. The Labute approximate surface area is 101 Å². The molecule has 0 aliphatic carbocycles. The van der Waals surface area contributed by atoms with Gasteiger partial charge in [0.2, 0.25) is 0 Å². The van der Waals surface area contributed by atoms with Crippen LogP contribution in [0.25, 0.3) is 0 Å². The number of hydrogen-bond acceptors (Lipinski definition) is 1. The summed E-state index contributed by atoms with van der Waals surface area (Å²) in [7, 11) is 0. The highest BCUT2D eigenvalue weighted by atomic mass is 79.9. The number of aryl methyl sites for hydroxylation is 1. The Balaban J connectivity index is 2.71. The van der Waals surface area contributed by atoms with Gasteiger partial charge in [0.15, 0.2) is 0 Å². The average Bonchev–Trinajstić information content (AvgIpc) is 2.17. The average molecular weight is 270 g/mol. The number of rotatable bonds is 5. The van der Waals surface area contributed by atoms with Crippen molar-refractivity contribution in [2.45, 2.75) is 39.0 Å². The van der Waals surface area contributed by atoms with E-state index in [1.165, 1.54) is 22.0 Å². The molecule has 0 saturated heterocycles. The van der Waals surface area contributed by atoms with E-state index in [1.54, 1.807) is 0 Å². The van der Waals surface area contributed by atoms with E-state index < -0.39 is 0 Å². The molecule has 0 fully saturated rings. The number of halogens is 1. The van der Waals surface area contributed by atoms with Gasteiger partial charge in [0.1, 0.15) is 0 Å². The number of unbranched alkanes of at least 4 members (excludes halogenated alkanes) is 1. The third-order valence-electron chi connectivity index (χ3n) is 2.57. The molecular formula is C13H20BrN. The van der Waals surface area contributed by atoms with Crippen LogP contribution in [0.3, 0.4) is 0 Å². The molecule has 1 rings (SSSR count). The summed E-state index contributed by atoms with van der Waals surface area (Å²) in [6.07, 6.45) is 3.43. The summed E-state index contributed by atoms with van der Waals surface area (Å²) < 4.78 is 1.19. The summed E-state index contributed by atoms with van der Waals surface area (Å²) in [4.78, 5) is 0. The van der Waals surface area contributed by atoms with Crippen LogP contribution in [0.1, 0.15) is 43.7 Å². The third kappa shape index (κ3) is 4.35. The maximum atomic E-state index is 5.49. The van der Waals surface area contributed by atoms with Crippen molar-refractivity contribution in [3.05, 3.63) is 33.8 Å². The van der Waals surface area contributed by atoms with Gasteiger partial charge in [-0.15, -0.1) is 0 Å². The first kappa shape index (κ1) is 12.7. The first-order chi connectivity index (χ1) is 7.13. The molecule has 0 atom stereocenters. The summed E-state index contributed by atoms with van der Waals surface area (Å²) in [6.45, 7) is 5.25. The molecule has 0 amide bonds. The molecule has 2 N–H and O–H groups in total. The Hall–Kier alpha value is -0.340. The Morgan fingerprint density at radius 1 is 1.20 bits per heavy atom. The molecule has 0 radical (unpaired) electrons. The van der Waals surface area contributed by atoms with Crippen LogP contribution in [0.2, 0.25) is 0 Å². The van der Waals surface area contributed by atoms with Crippen molar-refractivity contribution in [3.8, 4) is 0 Å². The second-order valence-electron chi connectivity index (χ2n) is 4.29. The lowest BCUT2D eigenvalue weighted by molar-refractivity contribution is 0.742. The van der Waals surface area contributed by atoms with Gasteiger partial charge in [-0.2, -0.15) is 0 Å². The van der Waals surface area contributed by atoms with Crippen LogP contribution in [0.4, 0.5) is 0 Å². The molecule has 0 aliphatic heterocycles. The molecule has 0 aromatic heterocycles. The fraction of sp³-hybridized carbons (Fsp3) is 0.538. The zero-order valence-corrected chi connectivity index (χ0v) is 11.2. The van der Waals surface area contributed by atoms with Crippen LogP contribution in [0.5, 0.6) is 0 Å². The molecule has 1 aromatic rings. The summed E-state index contributed by atoms with van der Waals surface area (Å²) in [5, 5.41) is 0. The second kappa shape index (κ2) is 6.29. The molecule has 0 bridgehead atoms. The van der Waals surface area contributed by atoms with E-state index in [1.807, 2.05) is 0 Å². The number of nitrogens with two attached hydrogens (primary N) is 1. The van der Waals surface area contributed by atoms with Crippen LogP contribution >= 0.6 is 15.9 Å². The number of benzene rings is 1. The van der Waals surface area contributed by atoms with Gasteiger partial charge in [0, 0.05) is 4.47 Å². The summed E-state index contributed by atoms with van der Waals surface area (Å²) >= 11 is 3.57. The highest BCUT2D eigenvalue weighted by Crippen LogP contribution is 2.22. The Morgan fingerprint density at radius 3 is 2.53 bits per heavy atom. The minimum atomic E-state index is 0.593. The topological polar surface area (TPSA) is 26.0 Å². The Kier molecular flexibility index (Phi) is 5.34. The molecule has 0 unspecified atom stereocenters. The van der Waals surface area contributed by atoms with Crippen molar-refractivity contribution in [3.63, 3.8) is 0 Å². The lowest BCUT2D eigenvalue weighted by atomic mass is 9.99. The van der Waals surface area contributed by atoms with Crippen LogP contribution < -0.4 is 5.73 Å². The molecule has 0 heterocycles. The van der Waals surface area contributed by atoms with Gasteiger partial charge in [-0.25, -0.2) is 0 Å². The first-order valence-corrected chi connectivity index (χ1v) is 6.42. The van der Waals surface area contributed by atoms with E-state index in [9.17, 15) is 0 Å². The van der Waals surface area contributed by atoms with E-state index in [4.69, 9.17) is 5.73 Å².